The van der Waals surface area contributed by atoms with Crippen LogP contribution >= 0.6 is 35.4 Å². The van der Waals surface area contributed by atoms with Gasteiger partial charge in [0.05, 0.1) is 10.7 Å². The Kier molecular flexibility index (Phi) is 5.85. The smallest absolute Gasteiger partial charge is 0.162 e. The van der Waals surface area contributed by atoms with Gasteiger partial charge in [0, 0.05) is 28.3 Å². The van der Waals surface area contributed by atoms with E-state index >= 15 is 0 Å². The van der Waals surface area contributed by atoms with Crippen molar-refractivity contribution in [1.82, 2.24) is 14.2 Å². The van der Waals surface area contributed by atoms with Gasteiger partial charge in [-0.1, -0.05) is 77.9 Å². The summed E-state index contributed by atoms with van der Waals surface area (Å²) in [5.74, 6) is 0.918. The fraction of sp³-hybridized carbons (Fsp3) is 0.143. The first-order valence-electron chi connectivity index (χ1n) is 11.6. The van der Waals surface area contributed by atoms with Crippen LogP contribution in [0, 0.1) is 0 Å². The number of hydrogen-bond donors (Lipinski definition) is 1. The normalized spacial score (nSPS) is 13.1. The van der Waals surface area contributed by atoms with Crippen molar-refractivity contribution in [3.8, 4) is 22.5 Å². The second-order valence-electron chi connectivity index (χ2n) is 8.68. The Morgan fingerprint density at radius 3 is 2.37 bits per heavy atom. The van der Waals surface area contributed by atoms with E-state index in [-0.39, 0.29) is 0 Å². The SMILES string of the molecule is S=C(Nc1ccccc1Cl)c1c(-c2ccccc2)c2c3n(c(-c4ccc(Cl)cc4)nn13)CCCC2. The fourth-order valence-electron chi connectivity index (χ4n) is 4.92. The van der Waals surface area contributed by atoms with Crippen molar-refractivity contribution in [2.24, 2.45) is 0 Å². The molecule has 174 valence electrons. The lowest BCUT2D eigenvalue weighted by atomic mass is 9.98. The van der Waals surface area contributed by atoms with E-state index in [1.54, 1.807) is 0 Å². The molecule has 0 saturated heterocycles. The van der Waals surface area contributed by atoms with Crippen molar-refractivity contribution >= 4 is 51.7 Å². The maximum Gasteiger partial charge on any atom is 0.162 e. The average Bonchev–Trinajstić information content (AvgIpc) is 3.29. The molecule has 0 aliphatic carbocycles. The lowest BCUT2D eigenvalue weighted by Gasteiger charge is -2.12. The quantitative estimate of drug-likeness (QED) is 0.246. The molecule has 0 fully saturated rings. The summed E-state index contributed by atoms with van der Waals surface area (Å²) in [6, 6.07) is 26.0. The van der Waals surface area contributed by atoms with Gasteiger partial charge in [0.25, 0.3) is 0 Å². The first-order chi connectivity index (χ1) is 17.1. The Labute approximate surface area is 219 Å². The minimum atomic E-state index is 0.589. The zero-order chi connectivity index (χ0) is 23.9. The van der Waals surface area contributed by atoms with Crippen molar-refractivity contribution in [1.29, 1.82) is 0 Å². The third-order valence-electron chi connectivity index (χ3n) is 6.49. The monoisotopic (exact) mass is 516 g/mol. The van der Waals surface area contributed by atoms with Crippen LogP contribution in [0.1, 0.15) is 24.1 Å². The number of halogens is 2. The number of anilines is 1. The summed E-state index contributed by atoms with van der Waals surface area (Å²) < 4.78 is 4.36. The van der Waals surface area contributed by atoms with Gasteiger partial charge in [-0.25, -0.2) is 4.52 Å². The Morgan fingerprint density at radius 2 is 1.60 bits per heavy atom. The Balaban J connectivity index is 1.61. The molecule has 1 aliphatic heterocycles. The Hall–Kier alpha value is -3.12. The molecule has 35 heavy (non-hydrogen) atoms. The van der Waals surface area contributed by atoms with Crippen LogP contribution in [0.25, 0.3) is 28.2 Å². The van der Waals surface area contributed by atoms with E-state index < -0.39 is 0 Å². The van der Waals surface area contributed by atoms with E-state index in [1.807, 2.05) is 59.1 Å². The van der Waals surface area contributed by atoms with Gasteiger partial charge in [0.2, 0.25) is 0 Å². The van der Waals surface area contributed by atoms with E-state index in [1.165, 1.54) is 5.56 Å². The number of thiocarbonyl (C=S) groups is 1. The Morgan fingerprint density at radius 1 is 0.857 bits per heavy atom. The zero-order valence-electron chi connectivity index (χ0n) is 18.8. The lowest BCUT2D eigenvalue weighted by Crippen LogP contribution is -2.15. The molecule has 0 unspecified atom stereocenters. The molecule has 7 heteroatoms. The molecule has 5 aromatic rings. The Bertz CT molecular complexity index is 1550. The second-order valence-corrected chi connectivity index (χ2v) is 9.93. The molecule has 1 N–H and O–H groups in total. The molecule has 0 bridgehead atoms. The number of para-hydroxylation sites is 1. The number of nitrogens with zero attached hydrogens (tertiary/aromatic N) is 3. The van der Waals surface area contributed by atoms with Crippen LogP contribution in [-0.4, -0.2) is 19.2 Å². The topological polar surface area (TPSA) is 34.3 Å². The van der Waals surface area contributed by atoms with E-state index in [2.05, 4.69) is 34.1 Å². The molecular weight excluding hydrogens is 495 g/mol. The second kappa shape index (κ2) is 9.15. The van der Waals surface area contributed by atoms with E-state index in [4.69, 9.17) is 40.5 Å². The molecule has 3 aromatic carbocycles. The van der Waals surface area contributed by atoms with Crippen molar-refractivity contribution in [2.45, 2.75) is 25.8 Å². The molecule has 1 aliphatic rings. The number of nitrogens with one attached hydrogen (secondary N) is 1. The van der Waals surface area contributed by atoms with E-state index in [0.29, 0.717) is 15.0 Å². The van der Waals surface area contributed by atoms with Crippen molar-refractivity contribution in [3.63, 3.8) is 0 Å². The largest absolute Gasteiger partial charge is 0.344 e. The van der Waals surface area contributed by atoms with Crippen LogP contribution in [0.4, 0.5) is 5.69 Å². The summed E-state index contributed by atoms with van der Waals surface area (Å²) in [7, 11) is 0. The van der Waals surface area contributed by atoms with E-state index in [0.717, 1.165) is 65.4 Å². The molecular formula is C28H22Cl2N4S. The van der Waals surface area contributed by atoms with E-state index in [9.17, 15) is 0 Å². The number of hydrogen-bond acceptors (Lipinski definition) is 2. The summed E-state index contributed by atoms with van der Waals surface area (Å²) >= 11 is 18.6. The van der Waals surface area contributed by atoms with Gasteiger partial charge >= 0.3 is 0 Å². The summed E-state index contributed by atoms with van der Waals surface area (Å²) in [4.78, 5) is 0.589. The minimum Gasteiger partial charge on any atom is -0.344 e. The zero-order valence-corrected chi connectivity index (χ0v) is 21.2. The van der Waals surface area contributed by atoms with Crippen LogP contribution in [-0.2, 0) is 13.0 Å². The van der Waals surface area contributed by atoms with Gasteiger partial charge in [0.1, 0.15) is 16.3 Å². The molecule has 0 amide bonds. The van der Waals surface area contributed by atoms with Crippen LogP contribution in [0.5, 0.6) is 0 Å². The molecule has 3 heterocycles. The van der Waals surface area contributed by atoms with Crippen LogP contribution in [0.15, 0.2) is 78.9 Å². The molecule has 4 nitrogen and oxygen atoms in total. The maximum atomic E-state index is 6.46. The summed E-state index contributed by atoms with van der Waals surface area (Å²) in [5, 5.41) is 9.86. The third kappa shape index (κ3) is 3.94. The minimum absolute atomic E-state index is 0.589. The summed E-state index contributed by atoms with van der Waals surface area (Å²) in [6.45, 7) is 0.900. The molecule has 2 aromatic heterocycles. The maximum absolute atomic E-state index is 6.46. The predicted octanol–water partition coefficient (Wildman–Crippen LogP) is 7.90. The fourth-order valence-corrected chi connectivity index (χ4v) is 5.53. The predicted molar refractivity (Wildman–Crippen MR) is 149 cm³/mol. The average molecular weight is 517 g/mol. The van der Waals surface area contributed by atoms with Gasteiger partial charge < -0.3 is 9.88 Å². The number of benzene rings is 3. The molecule has 0 atom stereocenters. The highest BCUT2D eigenvalue weighted by Gasteiger charge is 2.29. The van der Waals surface area contributed by atoms with Crippen LogP contribution < -0.4 is 5.32 Å². The molecule has 0 saturated carbocycles. The van der Waals surface area contributed by atoms with Gasteiger partial charge in [-0.15, -0.1) is 5.10 Å². The van der Waals surface area contributed by atoms with Gasteiger partial charge in [0.15, 0.2) is 5.82 Å². The molecule has 6 rings (SSSR count). The number of aromatic nitrogens is 3. The van der Waals surface area contributed by atoms with Gasteiger partial charge in [-0.05, 0) is 61.2 Å². The van der Waals surface area contributed by atoms with Crippen molar-refractivity contribution in [2.75, 3.05) is 5.32 Å². The lowest BCUT2D eigenvalue weighted by molar-refractivity contribution is 0.645. The first-order valence-corrected chi connectivity index (χ1v) is 12.8. The van der Waals surface area contributed by atoms with Crippen LogP contribution in [0.3, 0.4) is 0 Å². The highest BCUT2D eigenvalue weighted by molar-refractivity contribution is 7.81. The van der Waals surface area contributed by atoms with Crippen molar-refractivity contribution < 1.29 is 0 Å². The van der Waals surface area contributed by atoms with Crippen LogP contribution in [0.2, 0.25) is 10.0 Å². The standard InChI is InChI=1S/C28H22Cl2N4S/c29-20-15-13-19(14-16-20)26-32-34-25(27(35)31-23-12-5-4-11-22(23)30)24(18-8-2-1-3-9-18)21-10-6-7-17-33(26)28(21)34/h1-5,8-9,11-16H,6-7,10,17H2,(H,31,35). The molecule has 0 radical (unpaired) electrons. The highest BCUT2D eigenvalue weighted by Crippen LogP contribution is 2.39. The van der Waals surface area contributed by atoms with Crippen molar-refractivity contribution in [3.05, 3.63) is 100 Å². The highest BCUT2D eigenvalue weighted by atomic mass is 35.5. The third-order valence-corrected chi connectivity index (χ3v) is 7.36. The number of rotatable bonds is 4. The van der Waals surface area contributed by atoms with Gasteiger partial charge in [-0.3, -0.25) is 0 Å². The first kappa shape index (κ1) is 22.4. The number of aryl methyl sites for hydroxylation is 2. The van der Waals surface area contributed by atoms with Gasteiger partial charge in [-0.2, -0.15) is 0 Å². The molecule has 0 spiro atoms. The summed E-state index contributed by atoms with van der Waals surface area (Å²) in [6.07, 6.45) is 3.16. The summed E-state index contributed by atoms with van der Waals surface area (Å²) in [5.41, 5.74) is 7.34.